The topological polar surface area (TPSA) is 81.7 Å². The summed E-state index contributed by atoms with van der Waals surface area (Å²) in [7, 11) is 0. The van der Waals surface area contributed by atoms with Crippen LogP contribution in [0, 0.1) is 5.92 Å². The minimum atomic E-state index is -0.763. The summed E-state index contributed by atoms with van der Waals surface area (Å²) in [6.45, 7) is 5.55. The summed E-state index contributed by atoms with van der Waals surface area (Å²) < 4.78 is 0. The van der Waals surface area contributed by atoms with Crippen molar-refractivity contribution in [3.63, 3.8) is 0 Å². The summed E-state index contributed by atoms with van der Waals surface area (Å²) in [6.07, 6.45) is 3.58. The van der Waals surface area contributed by atoms with E-state index in [1.807, 2.05) is 13.0 Å². The van der Waals surface area contributed by atoms with E-state index in [9.17, 15) is 9.59 Å². The second kappa shape index (κ2) is 10.8. The summed E-state index contributed by atoms with van der Waals surface area (Å²) in [6, 6.07) is 10.6. The molecule has 0 bridgehead atoms. The zero-order chi connectivity index (χ0) is 18.8. The zero-order valence-corrected chi connectivity index (χ0v) is 15.6. The van der Waals surface area contributed by atoms with Gasteiger partial charge in [-0.25, -0.2) is 4.79 Å². The number of benzene rings is 1. The summed E-state index contributed by atoms with van der Waals surface area (Å²) in [5.74, 6) is -0.464. The highest BCUT2D eigenvalue weighted by molar-refractivity contribution is 5.74. The first-order chi connectivity index (χ1) is 12.5. The molecule has 1 atom stereocenters. The van der Waals surface area contributed by atoms with Crippen LogP contribution in [0.4, 0.5) is 4.79 Å². The van der Waals surface area contributed by atoms with Crippen LogP contribution in [-0.2, 0) is 11.3 Å². The Morgan fingerprint density at radius 1 is 1.19 bits per heavy atom. The zero-order valence-electron chi connectivity index (χ0n) is 15.6. The Labute approximate surface area is 156 Å². The van der Waals surface area contributed by atoms with E-state index in [0.717, 1.165) is 38.9 Å². The van der Waals surface area contributed by atoms with Gasteiger partial charge in [-0.05, 0) is 37.2 Å². The smallest absolute Gasteiger partial charge is 0.315 e. The Hall–Kier alpha value is -2.08. The van der Waals surface area contributed by atoms with Crippen LogP contribution >= 0.6 is 0 Å². The van der Waals surface area contributed by atoms with Crippen LogP contribution in [0.25, 0.3) is 0 Å². The number of carboxylic acid groups (broad SMARTS) is 1. The second-order valence-corrected chi connectivity index (χ2v) is 7.26. The van der Waals surface area contributed by atoms with E-state index < -0.39 is 5.97 Å². The second-order valence-electron chi connectivity index (χ2n) is 7.26. The van der Waals surface area contributed by atoms with Crippen molar-refractivity contribution in [2.45, 2.75) is 51.6 Å². The van der Waals surface area contributed by atoms with Gasteiger partial charge in [0.1, 0.15) is 0 Å². The number of amides is 2. The van der Waals surface area contributed by atoms with Gasteiger partial charge in [0.15, 0.2) is 0 Å². The number of nitrogens with zero attached hydrogens (tertiary/aromatic N) is 1. The average molecular weight is 361 g/mol. The molecule has 1 saturated heterocycles. The fourth-order valence-corrected chi connectivity index (χ4v) is 3.26. The third kappa shape index (κ3) is 7.87. The first kappa shape index (κ1) is 20.2. The van der Waals surface area contributed by atoms with Gasteiger partial charge in [-0.3, -0.25) is 9.69 Å². The molecule has 26 heavy (non-hydrogen) atoms. The largest absolute Gasteiger partial charge is 0.481 e. The van der Waals surface area contributed by atoms with Crippen molar-refractivity contribution in [2.75, 3.05) is 19.6 Å². The van der Waals surface area contributed by atoms with E-state index in [2.05, 4.69) is 39.8 Å². The summed E-state index contributed by atoms with van der Waals surface area (Å²) in [4.78, 5) is 25.0. The summed E-state index contributed by atoms with van der Waals surface area (Å²) in [5, 5.41) is 14.6. The van der Waals surface area contributed by atoms with Gasteiger partial charge in [0.25, 0.3) is 0 Å². The Morgan fingerprint density at radius 2 is 1.88 bits per heavy atom. The molecule has 1 aromatic carbocycles. The molecule has 1 fully saturated rings. The van der Waals surface area contributed by atoms with Crippen molar-refractivity contribution < 1.29 is 14.7 Å². The molecular weight excluding hydrogens is 330 g/mol. The van der Waals surface area contributed by atoms with Crippen LogP contribution in [-0.4, -0.2) is 47.7 Å². The molecule has 6 heteroatoms. The average Bonchev–Trinajstić information content (AvgIpc) is 2.62. The lowest BCUT2D eigenvalue weighted by molar-refractivity contribution is -0.137. The van der Waals surface area contributed by atoms with Gasteiger partial charge < -0.3 is 15.7 Å². The number of piperidine rings is 1. The highest BCUT2D eigenvalue weighted by Crippen LogP contribution is 2.14. The summed E-state index contributed by atoms with van der Waals surface area (Å²) in [5.41, 5.74) is 1.33. The SMILES string of the molecule is CC(CCNC(=O)NC1CCN(Cc2ccccc2)CC1)CCC(=O)O. The van der Waals surface area contributed by atoms with Crippen LogP contribution in [0.5, 0.6) is 0 Å². The van der Waals surface area contributed by atoms with Gasteiger partial charge >= 0.3 is 12.0 Å². The molecule has 6 nitrogen and oxygen atoms in total. The predicted octanol–water partition coefficient (Wildman–Crippen LogP) is 2.84. The third-order valence-corrected chi connectivity index (χ3v) is 4.95. The minimum Gasteiger partial charge on any atom is -0.481 e. The van der Waals surface area contributed by atoms with Gasteiger partial charge in [-0.1, -0.05) is 37.3 Å². The number of rotatable bonds is 9. The normalized spacial score (nSPS) is 16.8. The maximum absolute atomic E-state index is 12.0. The highest BCUT2D eigenvalue weighted by atomic mass is 16.4. The molecule has 2 rings (SSSR count). The number of carbonyl (C=O) groups excluding carboxylic acids is 1. The van der Waals surface area contributed by atoms with Crippen LogP contribution in [0.1, 0.15) is 44.6 Å². The van der Waals surface area contributed by atoms with Crippen molar-refractivity contribution in [1.29, 1.82) is 0 Å². The van der Waals surface area contributed by atoms with Gasteiger partial charge in [0.05, 0.1) is 0 Å². The van der Waals surface area contributed by atoms with Crippen LogP contribution in [0.15, 0.2) is 30.3 Å². The van der Waals surface area contributed by atoms with Gasteiger partial charge in [-0.2, -0.15) is 0 Å². The lowest BCUT2D eigenvalue weighted by atomic mass is 10.0. The molecular formula is C20H31N3O3. The molecule has 0 aliphatic carbocycles. The number of urea groups is 1. The highest BCUT2D eigenvalue weighted by Gasteiger charge is 2.20. The van der Waals surface area contributed by atoms with E-state index >= 15 is 0 Å². The van der Waals surface area contributed by atoms with Crippen molar-refractivity contribution in [2.24, 2.45) is 5.92 Å². The fraction of sp³-hybridized carbons (Fsp3) is 0.600. The number of carbonyl (C=O) groups is 2. The number of carboxylic acids is 1. The summed E-state index contributed by atoms with van der Waals surface area (Å²) >= 11 is 0. The van der Waals surface area contributed by atoms with Gasteiger partial charge in [0, 0.05) is 38.6 Å². The number of likely N-dealkylation sites (tertiary alicyclic amines) is 1. The lowest BCUT2D eigenvalue weighted by Crippen LogP contribution is -2.47. The lowest BCUT2D eigenvalue weighted by Gasteiger charge is -2.32. The van der Waals surface area contributed by atoms with Crippen molar-refractivity contribution in [3.05, 3.63) is 35.9 Å². The molecule has 3 N–H and O–H groups in total. The van der Waals surface area contributed by atoms with Crippen LogP contribution in [0.2, 0.25) is 0 Å². The van der Waals surface area contributed by atoms with E-state index in [0.29, 0.717) is 18.9 Å². The number of hydrogen-bond acceptors (Lipinski definition) is 3. The Balaban J connectivity index is 1.57. The maximum Gasteiger partial charge on any atom is 0.315 e. The van der Waals surface area contributed by atoms with Crippen LogP contribution < -0.4 is 10.6 Å². The maximum atomic E-state index is 12.0. The van der Waals surface area contributed by atoms with Gasteiger partial charge in [0.2, 0.25) is 0 Å². The third-order valence-electron chi connectivity index (χ3n) is 4.95. The number of hydrogen-bond donors (Lipinski definition) is 3. The number of nitrogens with one attached hydrogen (secondary N) is 2. The molecule has 0 aromatic heterocycles. The Kier molecular flexibility index (Phi) is 8.41. The Bertz CT molecular complexity index is 557. The van der Waals surface area contributed by atoms with Gasteiger partial charge in [-0.15, -0.1) is 0 Å². The fourth-order valence-electron chi connectivity index (χ4n) is 3.26. The van der Waals surface area contributed by atoms with Crippen LogP contribution in [0.3, 0.4) is 0 Å². The van der Waals surface area contributed by atoms with E-state index in [1.165, 1.54) is 5.56 Å². The minimum absolute atomic E-state index is 0.114. The predicted molar refractivity (Wildman–Crippen MR) is 102 cm³/mol. The molecule has 0 saturated carbocycles. The van der Waals surface area contributed by atoms with Crippen molar-refractivity contribution >= 4 is 12.0 Å². The quantitative estimate of drug-likeness (QED) is 0.632. The molecule has 1 heterocycles. The molecule has 1 aliphatic heterocycles. The molecule has 1 aromatic rings. The molecule has 2 amide bonds. The molecule has 1 unspecified atom stereocenters. The first-order valence-corrected chi connectivity index (χ1v) is 9.55. The molecule has 144 valence electrons. The van der Waals surface area contributed by atoms with E-state index in [4.69, 9.17) is 5.11 Å². The van der Waals surface area contributed by atoms with E-state index in [1.54, 1.807) is 0 Å². The van der Waals surface area contributed by atoms with Crippen molar-refractivity contribution in [1.82, 2.24) is 15.5 Å². The molecule has 0 spiro atoms. The number of aliphatic carboxylic acids is 1. The molecule has 1 aliphatic rings. The monoisotopic (exact) mass is 361 g/mol. The standard InChI is InChI=1S/C20H31N3O3/c1-16(7-8-19(24)25)9-12-21-20(26)22-18-10-13-23(14-11-18)15-17-5-3-2-4-6-17/h2-6,16,18H,7-15H2,1H3,(H,24,25)(H2,21,22,26). The Morgan fingerprint density at radius 3 is 2.54 bits per heavy atom. The van der Waals surface area contributed by atoms with E-state index in [-0.39, 0.29) is 18.5 Å². The first-order valence-electron chi connectivity index (χ1n) is 9.55. The van der Waals surface area contributed by atoms with Crippen molar-refractivity contribution in [3.8, 4) is 0 Å². The molecule has 0 radical (unpaired) electrons.